The maximum absolute atomic E-state index is 12.2. The molecule has 0 spiro atoms. The summed E-state index contributed by atoms with van der Waals surface area (Å²) < 4.78 is 15.9. The van der Waals surface area contributed by atoms with E-state index >= 15 is 0 Å². The minimum Gasteiger partial charge on any atom is -0.493 e. The highest BCUT2D eigenvalue weighted by Gasteiger charge is 2.19. The minimum absolute atomic E-state index is 0.0469. The Balaban J connectivity index is 2.05. The molecular weight excluding hydrogens is 246 g/mol. The highest BCUT2D eigenvalue weighted by Crippen LogP contribution is 2.28. The molecule has 0 saturated carbocycles. The summed E-state index contributed by atoms with van der Waals surface area (Å²) in [5.74, 6) is 1.24. The van der Waals surface area contributed by atoms with Crippen LogP contribution in [0.25, 0.3) is 0 Å². The molecule has 104 valence electrons. The van der Waals surface area contributed by atoms with E-state index in [0.717, 1.165) is 13.1 Å². The number of ketones is 1. The topological polar surface area (TPSA) is 56.8 Å². The molecule has 5 nitrogen and oxygen atoms in total. The fourth-order valence-electron chi connectivity index (χ4n) is 2.09. The Bertz CT molecular complexity index is 441. The van der Waals surface area contributed by atoms with Gasteiger partial charge < -0.3 is 19.5 Å². The first kappa shape index (κ1) is 13.8. The summed E-state index contributed by atoms with van der Waals surface area (Å²) in [7, 11) is 3.13. The zero-order valence-electron chi connectivity index (χ0n) is 11.3. The molecule has 1 atom stereocenters. The Hall–Kier alpha value is -1.59. The van der Waals surface area contributed by atoms with Gasteiger partial charge in [0.15, 0.2) is 17.3 Å². The second kappa shape index (κ2) is 6.54. The maximum Gasteiger partial charge on any atom is 0.165 e. The lowest BCUT2D eigenvalue weighted by atomic mass is 10.0. The van der Waals surface area contributed by atoms with Gasteiger partial charge in [-0.2, -0.15) is 0 Å². The summed E-state index contributed by atoms with van der Waals surface area (Å²) >= 11 is 0. The molecule has 1 N–H and O–H groups in total. The van der Waals surface area contributed by atoms with Crippen LogP contribution in [-0.4, -0.2) is 45.8 Å². The van der Waals surface area contributed by atoms with Gasteiger partial charge in [0, 0.05) is 25.1 Å². The molecule has 19 heavy (non-hydrogen) atoms. The number of benzene rings is 1. The molecule has 1 aliphatic heterocycles. The number of carbonyl (C=O) groups is 1. The lowest BCUT2D eigenvalue weighted by molar-refractivity contribution is 0.0240. The number of Topliss-reactive ketones (excluding diaryl/α,β-unsaturated/α-hetero) is 1. The minimum atomic E-state index is -0.0469. The largest absolute Gasteiger partial charge is 0.493 e. The summed E-state index contributed by atoms with van der Waals surface area (Å²) in [6.07, 6.45) is 0.331. The van der Waals surface area contributed by atoms with Crippen molar-refractivity contribution in [1.82, 2.24) is 5.32 Å². The third kappa shape index (κ3) is 3.45. The van der Waals surface area contributed by atoms with Gasteiger partial charge in [0.25, 0.3) is 0 Å². The smallest absolute Gasteiger partial charge is 0.165 e. The Kier molecular flexibility index (Phi) is 4.76. The van der Waals surface area contributed by atoms with Crippen LogP contribution in [0.4, 0.5) is 0 Å². The van der Waals surface area contributed by atoms with Gasteiger partial charge in [-0.05, 0) is 18.2 Å². The van der Waals surface area contributed by atoms with Crippen LogP contribution in [0, 0.1) is 0 Å². The van der Waals surface area contributed by atoms with Gasteiger partial charge >= 0.3 is 0 Å². The fraction of sp³-hybridized carbons (Fsp3) is 0.500. The van der Waals surface area contributed by atoms with Crippen molar-refractivity contribution in [2.24, 2.45) is 0 Å². The van der Waals surface area contributed by atoms with Gasteiger partial charge in [-0.3, -0.25) is 4.79 Å². The van der Waals surface area contributed by atoms with Crippen LogP contribution < -0.4 is 14.8 Å². The average Bonchev–Trinajstić information content (AvgIpc) is 2.47. The molecule has 5 heteroatoms. The van der Waals surface area contributed by atoms with Crippen molar-refractivity contribution in [3.63, 3.8) is 0 Å². The van der Waals surface area contributed by atoms with Crippen LogP contribution in [0.15, 0.2) is 18.2 Å². The molecule has 1 aromatic carbocycles. The van der Waals surface area contributed by atoms with Crippen molar-refractivity contribution < 1.29 is 19.0 Å². The Morgan fingerprint density at radius 1 is 1.37 bits per heavy atom. The fourth-order valence-corrected chi connectivity index (χ4v) is 2.09. The van der Waals surface area contributed by atoms with Crippen LogP contribution in [0.1, 0.15) is 16.8 Å². The number of hydrogen-bond acceptors (Lipinski definition) is 5. The number of nitrogens with one attached hydrogen (secondary N) is 1. The van der Waals surface area contributed by atoms with Crippen molar-refractivity contribution in [3.8, 4) is 11.5 Å². The summed E-state index contributed by atoms with van der Waals surface area (Å²) in [5.41, 5.74) is 0.617. The van der Waals surface area contributed by atoms with E-state index in [1.54, 1.807) is 32.4 Å². The number of methoxy groups -OCH3 is 2. The number of rotatable bonds is 5. The SMILES string of the molecule is COc1ccc(C(=O)CC2CNCCO2)cc1OC. The predicted octanol–water partition coefficient (Wildman–Crippen LogP) is 1.26. The molecule has 0 aromatic heterocycles. The summed E-state index contributed by atoms with van der Waals surface area (Å²) in [4.78, 5) is 12.2. The van der Waals surface area contributed by atoms with Crippen LogP contribution in [0.5, 0.6) is 11.5 Å². The van der Waals surface area contributed by atoms with Crippen LogP contribution in [0.2, 0.25) is 0 Å². The van der Waals surface area contributed by atoms with E-state index in [4.69, 9.17) is 14.2 Å². The van der Waals surface area contributed by atoms with E-state index in [0.29, 0.717) is 30.1 Å². The van der Waals surface area contributed by atoms with E-state index in [2.05, 4.69) is 5.32 Å². The van der Waals surface area contributed by atoms with E-state index in [1.807, 2.05) is 0 Å². The van der Waals surface area contributed by atoms with E-state index in [1.165, 1.54) is 0 Å². The molecule has 0 radical (unpaired) electrons. The molecule has 0 amide bonds. The van der Waals surface area contributed by atoms with E-state index in [-0.39, 0.29) is 11.9 Å². The Morgan fingerprint density at radius 3 is 2.79 bits per heavy atom. The van der Waals surface area contributed by atoms with Gasteiger partial charge in [0.05, 0.1) is 26.9 Å². The van der Waals surface area contributed by atoms with Gasteiger partial charge in [-0.25, -0.2) is 0 Å². The summed E-state index contributed by atoms with van der Waals surface area (Å²) in [6, 6.07) is 5.20. The van der Waals surface area contributed by atoms with Crippen molar-refractivity contribution in [1.29, 1.82) is 0 Å². The van der Waals surface area contributed by atoms with Crippen molar-refractivity contribution in [2.45, 2.75) is 12.5 Å². The van der Waals surface area contributed by atoms with Crippen molar-refractivity contribution in [3.05, 3.63) is 23.8 Å². The average molecular weight is 265 g/mol. The third-order valence-electron chi connectivity index (χ3n) is 3.12. The molecule has 1 saturated heterocycles. The summed E-state index contributed by atoms with van der Waals surface area (Å²) in [5, 5.41) is 3.21. The van der Waals surface area contributed by atoms with Gasteiger partial charge in [-0.1, -0.05) is 0 Å². The first-order valence-corrected chi connectivity index (χ1v) is 6.32. The Labute approximate surface area is 112 Å². The molecule has 1 aliphatic rings. The van der Waals surface area contributed by atoms with E-state index < -0.39 is 0 Å². The van der Waals surface area contributed by atoms with Crippen LogP contribution in [0.3, 0.4) is 0 Å². The van der Waals surface area contributed by atoms with Gasteiger partial charge in [0.1, 0.15) is 0 Å². The van der Waals surface area contributed by atoms with Crippen LogP contribution in [-0.2, 0) is 4.74 Å². The van der Waals surface area contributed by atoms with Crippen molar-refractivity contribution >= 4 is 5.78 Å². The Morgan fingerprint density at radius 2 is 2.16 bits per heavy atom. The van der Waals surface area contributed by atoms with E-state index in [9.17, 15) is 4.79 Å². The molecule has 1 aromatic rings. The highest BCUT2D eigenvalue weighted by molar-refractivity contribution is 5.97. The van der Waals surface area contributed by atoms with Crippen molar-refractivity contribution in [2.75, 3.05) is 33.9 Å². The number of morpholine rings is 1. The summed E-state index contributed by atoms with van der Waals surface area (Å²) in [6.45, 7) is 2.23. The lowest BCUT2D eigenvalue weighted by Gasteiger charge is -2.23. The first-order valence-electron chi connectivity index (χ1n) is 6.32. The maximum atomic E-state index is 12.2. The molecular formula is C14H19NO4. The number of ether oxygens (including phenoxy) is 3. The second-order valence-electron chi connectivity index (χ2n) is 4.39. The predicted molar refractivity (Wildman–Crippen MR) is 71.1 cm³/mol. The molecule has 1 heterocycles. The molecule has 2 rings (SSSR count). The first-order chi connectivity index (χ1) is 9.24. The second-order valence-corrected chi connectivity index (χ2v) is 4.39. The highest BCUT2D eigenvalue weighted by atomic mass is 16.5. The third-order valence-corrected chi connectivity index (χ3v) is 3.12. The molecule has 1 fully saturated rings. The zero-order chi connectivity index (χ0) is 13.7. The number of carbonyl (C=O) groups excluding carboxylic acids is 1. The van der Waals surface area contributed by atoms with Gasteiger partial charge in [-0.15, -0.1) is 0 Å². The van der Waals surface area contributed by atoms with Gasteiger partial charge in [0.2, 0.25) is 0 Å². The normalized spacial score (nSPS) is 18.9. The molecule has 0 aliphatic carbocycles. The monoisotopic (exact) mass is 265 g/mol. The molecule has 0 bridgehead atoms. The molecule has 1 unspecified atom stereocenters. The zero-order valence-corrected chi connectivity index (χ0v) is 11.3. The standard InChI is InChI=1S/C14H19NO4/c1-17-13-4-3-10(7-14(13)18-2)12(16)8-11-9-15-5-6-19-11/h3-4,7,11,15H,5-6,8-9H2,1-2H3. The quantitative estimate of drug-likeness (QED) is 0.812. The van der Waals surface area contributed by atoms with Crippen LogP contribution >= 0.6 is 0 Å². The lowest BCUT2D eigenvalue weighted by Crippen LogP contribution is -2.39. The number of hydrogen-bond donors (Lipinski definition) is 1.